The minimum atomic E-state index is -4.19. The number of rotatable bonds is 7. The number of benzene rings is 2. The number of para-hydroxylation sites is 1. The molecule has 2 aromatic carbocycles. The van der Waals surface area contributed by atoms with E-state index in [2.05, 4.69) is 15.2 Å². The monoisotopic (exact) mass is 450 g/mol. The van der Waals surface area contributed by atoms with Gasteiger partial charge in [0.25, 0.3) is 15.7 Å². The van der Waals surface area contributed by atoms with Crippen molar-refractivity contribution in [2.24, 2.45) is 5.10 Å². The molecule has 8 nitrogen and oxygen atoms in total. The van der Waals surface area contributed by atoms with E-state index in [4.69, 9.17) is 11.6 Å². The maximum absolute atomic E-state index is 12.9. The highest BCUT2D eigenvalue weighted by Crippen LogP contribution is 2.30. The van der Waals surface area contributed by atoms with Gasteiger partial charge in [-0.05, 0) is 42.1 Å². The minimum Gasteiger partial charge on any atom is -0.278 e. The van der Waals surface area contributed by atoms with Crippen LogP contribution in [0.15, 0.2) is 63.9 Å². The van der Waals surface area contributed by atoms with E-state index in [1.807, 2.05) is 18.4 Å². The highest BCUT2D eigenvalue weighted by Gasteiger charge is 2.23. The Morgan fingerprint density at radius 2 is 1.93 bits per heavy atom. The molecule has 1 heterocycles. The third-order valence-corrected chi connectivity index (χ3v) is 6.54. The van der Waals surface area contributed by atoms with Gasteiger partial charge in [0.1, 0.15) is 4.90 Å². The molecule has 11 heteroatoms. The lowest BCUT2D eigenvalue weighted by molar-refractivity contribution is -0.385. The quantitative estimate of drug-likeness (QED) is 0.303. The maximum atomic E-state index is 12.9. The normalized spacial score (nSPS) is 11.5. The number of hydrazone groups is 1. The van der Waals surface area contributed by atoms with Crippen LogP contribution in [0.3, 0.4) is 0 Å². The molecule has 1 aromatic heterocycles. The van der Waals surface area contributed by atoms with Crippen molar-refractivity contribution < 1.29 is 13.3 Å². The Balaban J connectivity index is 1.97. The highest BCUT2D eigenvalue weighted by molar-refractivity contribution is 7.93. The molecule has 0 amide bonds. The van der Waals surface area contributed by atoms with Gasteiger partial charge in [-0.1, -0.05) is 23.7 Å². The van der Waals surface area contributed by atoms with Gasteiger partial charge < -0.3 is 0 Å². The first-order chi connectivity index (χ1) is 13.8. The molecule has 0 unspecified atom stereocenters. The van der Waals surface area contributed by atoms with Gasteiger partial charge in [0, 0.05) is 17.0 Å². The third-order valence-electron chi connectivity index (χ3n) is 3.85. The van der Waals surface area contributed by atoms with E-state index < -0.39 is 14.9 Å². The van der Waals surface area contributed by atoms with Gasteiger partial charge in [-0.3, -0.25) is 20.3 Å². The molecular weight excluding hydrogens is 436 g/mol. The molecule has 0 saturated carbocycles. The SMILES string of the molecule is Cc1ccsc1/C=N\Nc1ccc([N+](=O)[O-])cc1S(=O)(=O)Nc1ccccc1Cl. The fraction of sp³-hybridized carbons (Fsp3) is 0.0556. The number of halogens is 1. The summed E-state index contributed by atoms with van der Waals surface area (Å²) in [7, 11) is -4.19. The van der Waals surface area contributed by atoms with Gasteiger partial charge >= 0.3 is 0 Å². The summed E-state index contributed by atoms with van der Waals surface area (Å²) in [5.41, 5.74) is 3.55. The van der Waals surface area contributed by atoms with Crippen molar-refractivity contribution in [2.75, 3.05) is 10.1 Å². The summed E-state index contributed by atoms with van der Waals surface area (Å²) in [6.45, 7) is 1.92. The van der Waals surface area contributed by atoms with Crippen LogP contribution in [0.4, 0.5) is 17.1 Å². The topological polar surface area (TPSA) is 114 Å². The van der Waals surface area contributed by atoms with Crippen LogP contribution in [-0.4, -0.2) is 19.6 Å². The fourth-order valence-corrected chi connectivity index (χ4v) is 4.64. The summed E-state index contributed by atoms with van der Waals surface area (Å²) >= 11 is 7.50. The average molecular weight is 451 g/mol. The van der Waals surface area contributed by atoms with Crippen molar-refractivity contribution >= 4 is 56.2 Å². The second-order valence-corrected chi connectivity index (χ2v) is 8.87. The average Bonchev–Trinajstić information content (AvgIpc) is 3.08. The van der Waals surface area contributed by atoms with Gasteiger partial charge in [-0.2, -0.15) is 5.10 Å². The zero-order chi connectivity index (χ0) is 21.0. The number of hydrogen-bond acceptors (Lipinski definition) is 7. The predicted molar refractivity (Wildman–Crippen MR) is 116 cm³/mol. The van der Waals surface area contributed by atoms with E-state index in [9.17, 15) is 18.5 Å². The first-order valence-electron chi connectivity index (χ1n) is 8.17. The number of nitrogens with one attached hydrogen (secondary N) is 2. The van der Waals surface area contributed by atoms with Crippen molar-refractivity contribution in [1.82, 2.24) is 0 Å². The Bertz CT molecular complexity index is 1190. The number of non-ortho nitro benzene ring substituents is 1. The molecule has 0 aliphatic rings. The summed E-state index contributed by atoms with van der Waals surface area (Å²) in [6, 6.07) is 11.7. The molecule has 0 spiro atoms. The van der Waals surface area contributed by atoms with Gasteiger partial charge in [-0.25, -0.2) is 8.42 Å². The van der Waals surface area contributed by atoms with Gasteiger partial charge in [0.05, 0.1) is 27.5 Å². The summed E-state index contributed by atoms with van der Waals surface area (Å²) in [6.07, 6.45) is 1.55. The van der Waals surface area contributed by atoms with Gasteiger partial charge in [0.2, 0.25) is 0 Å². The molecule has 0 fully saturated rings. The first-order valence-corrected chi connectivity index (χ1v) is 10.9. The second kappa shape index (κ2) is 8.60. The van der Waals surface area contributed by atoms with E-state index in [0.717, 1.165) is 16.5 Å². The maximum Gasteiger partial charge on any atom is 0.270 e. The van der Waals surface area contributed by atoms with Crippen LogP contribution in [-0.2, 0) is 10.0 Å². The molecule has 3 rings (SSSR count). The second-order valence-electron chi connectivity index (χ2n) is 5.86. The van der Waals surface area contributed by atoms with Crippen LogP contribution in [0.5, 0.6) is 0 Å². The zero-order valence-corrected chi connectivity index (χ0v) is 17.4. The summed E-state index contributed by atoms with van der Waals surface area (Å²) in [4.78, 5) is 11.0. The van der Waals surface area contributed by atoms with Gasteiger partial charge in [-0.15, -0.1) is 11.3 Å². The number of nitro groups is 1. The smallest absolute Gasteiger partial charge is 0.270 e. The molecule has 150 valence electrons. The lowest BCUT2D eigenvalue weighted by atomic mass is 10.3. The van der Waals surface area contributed by atoms with Crippen molar-refractivity contribution in [3.8, 4) is 0 Å². The molecule has 0 saturated heterocycles. The van der Waals surface area contributed by atoms with E-state index in [1.165, 1.54) is 35.6 Å². The number of sulfonamides is 1. The molecule has 0 aliphatic heterocycles. The third kappa shape index (κ3) is 4.91. The number of nitro benzene ring substituents is 1. The van der Waals surface area contributed by atoms with Crippen LogP contribution in [0.2, 0.25) is 5.02 Å². The predicted octanol–water partition coefficient (Wildman–Crippen LogP) is 4.86. The molecule has 0 aliphatic carbocycles. The van der Waals surface area contributed by atoms with E-state index >= 15 is 0 Å². The molecule has 0 radical (unpaired) electrons. The Morgan fingerprint density at radius 3 is 2.59 bits per heavy atom. The van der Waals surface area contributed by atoms with Crippen LogP contribution in [0, 0.1) is 17.0 Å². The largest absolute Gasteiger partial charge is 0.278 e. The lowest BCUT2D eigenvalue weighted by Crippen LogP contribution is -2.15. The fourth-order valence-electron chi connectivity index (χ4n) is 2.36. The number of thiophene rings is 1. The number of nitrogens with zero attached hydrogens (tertiary/aromatic N) is 2. The number of hydrogen-bond donors (Lipinski definition) is 2. The minimum absolute atomic E-state index is 0.0839. The van der Waals surface area contributed by atoms with Crippen molar-refractivity contribution in [2.45, 2.75) is 11.8 Å². The highest BCUT2D eigenvalue weighted by atomic mass is 35.5. The lowest BCUT2D eigenvalue weighted by Gasteiger charge is -2.12. The standard InChI is InChI=1S/C18H15ClN4O4S2/c1-12-8-9-28-17(12)11-20-21-16-7-6-13(23(24)25)10-18(16)29(26,27)22-15-5-3-2-4-14(15)19/h2-11,21-22H,1H3/b20-11-. The zero-order valence-electron chi connectivity index (χ0n) is 15.0. The van der Waals surface area contributed by atoms with Gasteiger partial charge in [0.15, 0.2) is 0 Å². The van der Waals surface area contributed by atoms with Crippen LogP contribution in [0.25, 0.3) is 0 Å². The van der Waals surface area contributed by atoms with E-state index in [1.54, 1.807) is 18.3 Å². The number of anilines is 2. The molecule has 2 N–H and O–H groups in total. The molecular formula is C18H15ClN4O4S2. The van der Waals surface area contributed by atoms with E-state index in [-0.39, 0.29) is 27.0 Å². The molecule has 0 bridgehead atoms. The molecule has 29 heavy (non-hydrogen) atoms. The summed E-state index contributed by atoms with van der Waals surface area (Å²) in [5.74, 6) is 0. The van der Waals surface area contributed by atoms with E-state index in [0.29, 0.717) is 0 Å². The summed E-state index contributed by atoms with van der Waals surface area (Å²) < 4.78 is 28.2. The first kappa shape index (κ1) is 20.8. The van der Waals surface area contributed by atoms with Crippen molar-refractivity contribution in [3.05, 3.63) is 79.5 Å². The van der Waals surface area contributed by atoms with Crippen molar-refractivity contribution in [1.29, 1.82) is 0 Å². The Morgan fingerprint density at radius 1 is 1.17 bits per heavy atom. The Kier molecular flexibility index (Phi) is 6.16. The van der Waals surface area contributed by atoms with Crippen molar-refractivity contribution in [3.63, 3.8) is 0 Å². The van der Waals surface area contributed by atoms with Crippen LogP contribution in [0.1, 0.15) is 10.4 Å². The molecule has 3 aromatic rings. The van der Waals surface area contributed by atoms with Crippen LogP contribution < -0.4 is 10.1 Å². The Hall–Kier alpha value is -2.95. The Labute approximate surface area is 176 Å². The number of aryl methyl sites for hydroxylation is 1. The molecule has 0 atom stereocenters. The van der Waals surface area contributed by atoms with Crippen LogP contribution >= 0.6 is 22.9 Å². The summed E-state index contributed by atoms with van der Waals surface area (Å²) in [5, 5.41) is 17.3.